The SMILES string of the molecule is [C-]#[N+]c1cc(-c2cc(-c3ccccc3)cnc2C#N)ccc1-n1c2ccccc2c2c3c(ccc21)oc1ccccc13. The lowest BCUT2D eigenvalue weighted by atomic mass is 9.98. The number of aromatic nitrogens is 2. The van der Waals surface area contributed by atoms with Gasteiger partial charge in [-0.25, -0.2) is 9.83 Å². The number of hydrogen-bond donors (Lipinski definition) is 0. The second-order valence-electron chi connectivity index (χ2n) is 10.2. The summed E-state index contributed by atoms with van der Waals surface area (Å²) in [5.74, 6) is 0. The molecule has 0 atom stereocenters. The molecule has 0 aliphatic rings. The van der Waals surface area contributed by atoms with Crippen molar-refractivity contribution in [1.29, 1.82) is 5.26 Å². The number of fused-ring (bicyclic) bond motifs is 7. The van der Waals surface area contributed by atoms with Gasteiger partial charge in [0.1, 0.15) is 22.9 Å². The molecule has 0 radical (unpaired) electrons. The number of rotatable bonds is 3. The van der Waals surface area contributed by atoms with Gasteiger partial charge in [0.05, 0.1) is 23.3 Å². The standard InChI is InChI=1S/C37H20N4O/c1-39-29-20-24(28-19-25(22-40-30(28)21-38)23-9-3-2-4-10-23)15-16-32(29)41-31-13-7-5-11-26(31)36-33(41)17-18-35-37(36)27-12-6-8-14-34(27)42-35/h2-20,22H. The normalized spacial score (nSPS) is 11.3. The van der Waals surface area contributed by atoms with Crippen LogP contribution in [0.1, 0.15) is 5.69 Å². The van der Waals surface area contributed by atoms with Gasteiger partial charge in [-0.2, -0.15) is 5.26 Å². The van der Waals surface area contributed by atoms with Gasteiger partial charge in [0.25, 0.3) is 0 Å². The molecule has 0 unspecified atom stereocenters. The van der Waals surface area contributed by atoms with Crippen LogP contribution in [0.25, 0.3) is 76.5 Å². The molecule has 3 aromatic heterocycles. The van der Waals surface area contributed by atoms with Crippen LogP contribution in [0.4, 0.5) is 5.69 Å². The van der Waals surface area contributed by atoms with E-state index in [1.54, 1.807) is 6.20 Å². The highest BCUT2D eigenvalue weighted by atomic mass is 16.3. The van der Waals surface area contributed by atoms with E-state index in [4.69, 9.17) is 11.0 Å². The molecule has 0 bridgehead atoms. The molecular formula is C37H20N4O. The van der Waals surface area contributed by atoms with Crippen molar-refractivity contribution in [3.05, 3.63) is 139 Å². The quantitative estimate of drug-likeness (QED) is 0.211. The molecule has 8 aromatic rings. The largest absolute Gasteiger partial charge is 0.456 e. The lowest BCUT2D eigenvalue weighted by molar-refractivity contribution is 0.669. The summed E-state index contributed by atoms with van der Waals surface area (Å²) in [4.78, 5) is 8.43. The lowest BCUT2D eigenvalue weighted by Crippen LogP contribution is -1.96. The second kappa shape index (κ2) is 9.20. The minimum absolute atomic E-state index is 0.324. The predicted molar refractivity (Wildman–Crippen MR) is 168 cm³/mol. The highest BCUT2D eigenvalue weighted by Crippen LogP contribution is 2.43. The van der Waals surface area contributed by atoms with Crippen LogP contribution in [-0.4, -0.2) is 9.55 Å². The highest BCUT2D eigenvalue weighted by molar-refractivity contribution is 6.27. The average Bonchev–Trinajstić information content (AvgIpc) is 3.60. The third-order valence-corrected chi connectivity index (χ3v) is 7.93. The molecule has 0 N–H and O–H groups in total. The third-order valence-electron chi connectivity index (χ3n) is 7.93. The summed E-state index contributed by atoms with van der Waals surface area (Å²) in [6.07, 6.45) is 1.72. The maximum Gasteiger partial charge on any atom is 0.211 e. The van der Waals surface area contributed by atoms with Crippen molar-refractivity contribution in [2.24, 2.45) is 0 Å². The summed E-state index contributed by atoms with van der Waals surface area (Å²) < 4.78 is 8.37. The van der Waals surface area contributed by atoms with Crippen molar-refractivity contribution in [3.63, 3.8) is 0 Å². The molecule has 0 aliphatic heterocycles. The maximum atomic E-state index is 9.87. The van der Waals surface area contributed by atoms with Gasteiger partial charge in [-0.3, -0.25) is 0 Å². The summed E-state index contributed by atoms with van der Waals surface area (Å²) in [5.41, 5.74) is 8.68. The summed E-state index contributed by atoms with van der Waals surface area (Å²) in [7, 11) is 0. The summed E-state index contributed by atoms with van der Waals surface area (Å²) >= 11 is 0. The summed E-state index contributed by atoms with van der Waals surface area (Å²) in [6, 6.07) is 40.4. The molecule has 0 fully saturated rings. The molecule has 5 heteroatoms. The number of para-hydroxylation sites is 2. The van der Waals surface area contributed by atoms with Gasteiger partial charge in [0.2, 0.25) is 5.69 Å². The molecule has 42 heavy (non-hydrogen) atoms. The Morgan fingerprint density at radius 1 is 0.690 bits per heavy atom. The van der Waals surface area contributed by atoms with E-state index in [-0.39, 0.29) is 0 Å². The average molecular weight is 537 g/mol. The van der Waals surface area contributed by atoms with Crippen LogP contribution in [0, 0.1) is 17.9 Å². The zero-order chi connectivity index (χ0) is 28.2. The third kappa shape index (κ3) is 3.45. The fourth-order valence-corrected chi connectivity index (χ4v) is 6.07. The van der Waals surface area contributed by atoms with Crippen LogP contribution in [0.15, 0.2) is 126 Å². The van der Waals surface area contributed by atoms with Crippen LogP contribution in [0.3, 0.4) is 0 Å². The Hall–Kier alpha value is -6.17. The first-order valence-electron chi connectivity index (χ1n) is 13.6. The molecule has 0 aliphatic carbocycles. The van der Waals surface area contributed by atoms with Crippen LogP contribution >= 0.6 is 0 Å². The van der Waals surface area contributed by atoms with E-state index in [0.717, 1.165) is 66.1 Å². The highest BCUT2D eigenvalue weighted by Gasteiger charge is 2.20. The first-order valence-corrected chi connectivity index (χ1v) is 13.6. The van der Waals surface area contributed by atoms with Crippen LogP contribution in [-0.2, 0) is 0 Å². The zero-order valence-corrected chi connectivity index (χ0v) is 22.2. The fraction of sp³-hybridized carbons (Fsp3) is 0. The Kier molecular flexibility index (Phi) is 5.19. The van der Waals surface area contributed by atoms with E-state index in [1.807, 2.05) is 91.0 Å². The summed E-state index contributed by atoms with van der Waals surface area (Å²) in [5, 5.41) is 14.2. The summed E-state index contributed by atoms with van der Waals surface area (Å²) in [6.45, 7) is 8.17. The molecular weight excluding hydrogens is 516 g/mol. The topological polar surface area (TPSA) is 59.1 Å². The van der Waals surface area contributed by atoms with E-state index in [2.05, 4.69) is 44.7 Å². The van der Waals surface area contributed by atoms with Crippen LogP contribution in [0.5, 0.6) is 0 Å². The molecule has 194 valence electrons. The Morgan fingerprint density at radius 3 is 2.31 bits per heavy atom. The first kappa shape index (κ1) is 23.7. The van der Waals surface area contributed by atoms with Gasteiger partial charge in [-0.15, -0.1) is 0 Å². The monoisotopic (exact) mass is 536 g/mol. The van der Waals surface area contributed by atoms with Gasteiger partial charge in [-0.1, -0.05) is 72.8 Å². The Bertz CT molecular complexity index is 2440. The minimum atomic E-state index is 0.324. The Morgan fingerprint density at radius 2 is 1.48 bits per heavy atom. The van der Waals surface area contributed by atoms with Crippen molar-refractivity contribution in [2.75, 3.05) is 0 Å². The van der Waals surface area contributed by atoms with E-state index in [0.29, 0.717) is 16.9 Å². The van der Waals surface area contributed by atoms with Crippen molar-refractivity contribution >= 4 is 49.4 Å². The molecule has 0 saturated heterocycles. The molecule has 3 heterocycles. The van der Waals surface area contributed by atoms with Crippen LogP contribution in [0.2, 0.25) is 0 Å². The van der Waals surface area contributed by atoms with Crippen LogP contribution < -0.4 is 0 Å². The maximum absolute atomic E-state index is 9.87. The first-order chi connectivity index (χ1) is 20.7. The zero-order valence-electron chi connectivity index (χ0n) is 22.2. The number of nitriles is 1. The number of pyridine rings is 1. The Labute approximate surface area is 240 Å². The Balaban J connectivity index is 1.38. The van der Waals surface area contributed by atoms with Crippen molar-refractivity contribution in [1.82, 2.24) is 9.55 Å². The predicted octanol–water partition coefficient (Wildman–Crippen LogP) is 9.83. The molecule has 8 rings (SSSR count). The van der Waals surface area contributed by atoms with Gasteiger partial charge in [0.15, 0.2) is 0 Å². The van der Waals surface area contributed by atoms with Gasteiger partial charge in [-0.05, 0) is 53.6 Å². The fourth-order valence-electron chi connectivity index (χ4n) is 6.07. The van der Waals surface area contributed by atoms with E-state index in [1.165, 1.54) is 0 Å². The van der Waals surface area contributed by atoms with E-state index in [9.17, 15) is 5.26 Å². The molecule has 5 aromatic carbocycles. The number of furan rings is 1. The molecule has 0 saturated carbocycles. The molecule has 5 nitrogen and oxygen atoms in total. The van der Waals surface area contributed by atoms with Crippen molar-refractivity contribution < 1.29 is 4.42 Å². The second-order valence-corrected chi connectivity index (χ2v) is 10.2. The van der Waals surface area contributed by atoms with Gasteiger partial charge >= 0.3 is 0 Å². The van der Waals surface area contributed by atoms with Gasteiger partial charge < -0.3 is 8.98 Å². The number of benzene rings is 5. The van der Waals surface area contributed by atoms with E-state index >= 15 is 0 Å². The van der Waals surface area contributed by atoms with Crippen molar-refractivity contribution in [3.8, 4) is 34.0 Å². The number of hydrogen-bond acceptors (Lipinski definition) is 3. The smallest absolute Gasteiger partial charge is 0.211 e. The molecule has 0 amide bonds. The molecule has 0 spiro atoms. The van der Waals surface area contributed by atoms with E-state index < -0.39 is 0 Å². The van der Waals surface area contributed by atoms with Crippen molar-refractivity contribution in [2.45, 2.75) is 0 Å². The minimum Gasteiger partial charge on any atom is -0.456 e. The lowest BCUT2D eigenvalue weighted by Gasteiger charge is -2.13. The van der Waals surface area contributed by atoms with Gasteiger partial charge in [0, 0.05) is 38.9 Å². The number of nitrogens with zero attached hydrogens (tertiary/aromatic N) is 4.